The van der Waals surface area contributed by atoms with Crippen molar-refractivity contribution >= 4 is 34.5 Å². The van der Waals surface area contributed by atoms with Crippen molar-refractivity contribution in [2.24, 2.45) is 5.73 Å². The number of likely N-dealkylation sites (tertiary alicyclic amines) is 1. The summed E-state index contributed by atoms with van der Waals surface area (Å²) in [5.74, 6) is 0. The number of anilines is 1. The van der Waals surface area contributed by atoms with Crippen LogP contribution in [0.3, 0.4) is 0 Å². The Kier molecular flexibility index (Phi) is 5.02. The van der Waals surface area contributed by atoms with Crippen molar-refractivity contribution in [3.05, 3.63) is 28.8 Å². The third-order valence-corrected chi connectivity index (χ3v) is 4.21. The molecule has 1 aliphatic rings. The van der Waals surface area contributed by atoms with Gasteiger partial charge in [0.1, 0.15) is 4.99 Å². The van der Waals surface area contributed by atoms with Gasteiger partial charge in [-0.1, -0.05) is 36.8 Å². The van der Waals surface area contributed by atoms with Gasteiger partial charge in [-0.25, -0.2) is 0 Å². The molecular formula is C14H20ClN3S. The van der Waals surface area contributed by atoms with Gasteiger partial charge in [-0.05, 0) is 38.1 Å². The molecule has 1 aliphatic heterocycles. The minimum absolute atomic E-state index is 0.340. The first-order chi connectivity index (χ1) is 9.13. The van der Waals surface area contributed by atoms with Crippen molar-refractivity contribution in [3.8, 4) is 0 Å². The largest absolute Gasteiger partial charge is 0.389 e. The highest BCUT2D eigenvalue weighted by molar-refractivity contribution is 7.80. The van der Waals surface area contributed by atoms with E-state index in [1.165, 1.54) is 19.4 Å². The summed E-state index contributed by atoms with van der Waals surface area (Å²) < 4.78 is 0. The molecule has 0 aliphatic carbocycles. The van der Waals surface area contributed by atoms with Crippen LogP contribution < -0.4 is 11.1 Å². The van der Waals surface area contributed by atoms with E-state index in [1.807, 2.05) is 18.2 Å². The van der Waals surface area contributed by atoms with Gasteiger partial charge >= 0.3 is 0 Å². The molecule has 0 radical (unpaired) electrons. The zero-order chi connectivity index (χ0) is 13.8. The standard InChI is InChI=1S/C14H20ClN3S/c1-2-18-8-4-5-10(18)9-17-12-7-3-6-11(15)13(12)14(16)19/h3,6-7,10,17H,2,4-5,8-9H2,1H3,(H2,16,19). The van der Waals surface area contributed by atoms with Crippen molar-refractivity contribution in [2.45, 2.75) is 25.8 Å². The molecule has 0 aromatic heterocycles. The van der Waals surface area contributed by atoms with Gasteiger partial charge in [-0.2, -0.15) is 0 Å². The maximum absolute atomic E-state index is 6.16. The molecule has 104 valence electrons. The molecule has 2 rings (SSSR count). The number of hydrogen-bond donors (Lipinski definition) is 2. The van der Waals surface area contributed by atoms with Gasteiger partial charge < -0.3 is 11.1 Å². The third kappa shape index (κ3) is 3.38. The fraction of sp³-hybridized carbons (Fsp3) is 0.500. The van der Waals surface area contributed by atoms with E-state index >= 15 is 0 Å². The molecule has 5 heteroatoms. The Labute approximate surface area is 125 Å². The molecule has 1 heterocycles. The lowest BCUT2D eigenvalue weighted by atomic mass is 10.1. The zero-order valence-corrected chi connectivity index (χ0v) is 12.7. The average molecular weight is 298 g/mol. The molecule has 0 amide bonds. The van der Waals surface area contributed by atoms with Crippen LogP contribution >= 0.6 is 23.8 Å². The van der Waals surface area contributed by atoms with Gasteiger partial charge in [-0.15, -0.1) is 0 Å². The highest BCUT2D eigenvalue weighted by atomic mass is 35.5. The predicted octanol–water partition coefficient (Wildman–Crippen LogP) is 2.87. The lowest BCUT2D eigenvalue weighted by Gasteiger charge is -2.24. The molecular weight excluding hydrogens is 278 g/mol. The van der Waals surface area contributed by atoms with Gasteiger partial charge in [0.25, 0.3) is 0 Å². The van der Waals surface area contributed by atoms with Gasteiger partial charge in [0.2, 0.25) is 0 Å². The minimum atomic E-state index is 0.340. The molecule has 0 spiro atoms. The van der Waals surface area contributed by atoms with Gasteiger partial charge in [0, 0.05) is 18.3 Å². The predicted molar refractivity (Wildman–Crippen MR) is 86.1 cm³/mol. The third-order valence-electron chi connectivity index (χ3n) is 3.69. The lowest BCUT2D eigenvalue weighted by Crippen LogP contribution is -2.35. The maximum Gasteiger partial charge on any atom is 0.107 e. The molecule has 1 atom stereocenters. The van der Waals surface area contributed by atoms with Gasteiger partial charge in [-0.3, -0.25) is 4.90 Å². The van der Waals surface area contributed by atoms with E-state index in [1.54, 1.807) is 0 Å². The summed E-state index contributed by atoms with van der Waals surface area (Å²) in [4.78, 5) is 2.84. The summed E-state index contributed by atoms with van der Waals surface area (Å²) in [5, 5.41) is 4.06. The molecule has 3 N–H and O–H groups in total. The molecule has 3 nitrogen and oxygen atoms in total. The van der Waals surface area contributed by atoms with Crippen LogP contribution in [-0.4, -0.2) is 35.6 Å². The summed E-state index contributed by atoms with van der Waals surface area (Å²) >= 11 is 11.2. The Morgan fingerprint density at radius 2 is 2.37 bits per heavy atom. The van der Waals surface area contributed by atoms with Crippen LogP contribution in [0.2, 0.25) is 5.02 Å². The Balaban J connectivity index is 2.07. The Morgan fingerprint density at radius 1 is 1.58 bits per heavy atom. The first kappa shape index (κ1) is 14.6. The number of nitrogens with two attached hydrogens (primary N) is 1. The second-order valence-electron chi connectivity index (χ2n) is 4.83. The number of halogens is 1. The SMILES string of the molecule is CCN1CCCC1CNc1cccc(Cl)c1C(N)=S. The van der Waals surface area contributed by atoms with Crippen LogP contribution in [0.15, 0.2) is 18.2 Å². The van der Waals surface area contributed by atoms with Crippen LogP contribution in [0.25, 0.3) is 0 Å². The Morgan fingerprint density at radius 3 is 3.05 bits per heavy atom. The molecule has 1 unspecified atom stereocenters. The monoisotopic (exact) mass is 297 g/mol. The highest BCUT2D eigenvalue weighted by Crippen LogP contribution is 2.25. The molecule has 0 saturated carbocycles. The van der Waals surface area contributed by atoms with E-state index in [9.17, 15) is 0 Å². The average Bonchev–Trinajstić information content (AvgIpc) is 2.83. The highest BCUT2D eigenvalue weighted by Gasteiger charge is 2.22. The normalized spacial score (nSPS) is 19.6. The summed E-state index contributed by atoms with van der Waals surface area (Å²) in [5.41, 5.74) is 7.43. The van der Waals surface area contributed by atoms with Crippen molar-refractivity contribution < 1.29 is 0 Å². The first-order valence-electron chi connectivity index (χ1n) is 6.69. The van der Waals surface area contributed by atoms with Crippen molar-refractivity contribution in [3.63, 3.8) is 0 Å². The number of likely N-dealkylation sites (N-methyl/N-ethyl adjacent to an activating group) is 1. The van der Waals surface area contributed by atoms with Gasteiger partial charge in [0.05, 0.1) is 10.6 Å². The molecule has 1 aromatic rings. The van der Waals surface area contributed by atoms with Crippen LogP contribution in [0, 0.1) is 0 Å². The van der Waals surface area contributed by atoms with E-state index in [0.717, 1.165) is 24.3 Å². The quantitative estimate of drug-likeness (QED) is 0.820. The second-order valence-corrected chi connectivity index (χ2v) is 5.68. The fourth-order valence-electron chi connectivity index (χ4n) is 2.69. The summed E-state index contributed by atoms with van der Waals surface area (Å²) in [6.07, 6.45) is 2.52. The lowest BCUT2D eigenvalue weighted by molar-refractivity contribution is 0.277. The summed E-state index contributed by atoms with van der Waals surface area (Å²) in [6, 6.07) is 6.29. The summed E-state index contributed by atoms with van der Waals surface area (Å²) in [7, 11) is 0. The van der Waals surface area contributed by atoms with Crippen molar-refractivity contribution in [1.82, 2.24) is 4.90 Å². The Hall–Kier alpha value is -0.840. The molecule has 1 fully saturated rings. The topological polar surface area (TPSA) is 41.3 Å². The van der Waals surface area contributed by atoms with Crippen LogP contribution in [0.5, 0.6) is 0 Å². The first-order valence-corrected chi connectivity index (χ1v) is 7.48. The second kappa shape index (κ2) is 6.55. The van der Waals surface area contributed by atoms with Crippen LogP contribution in [-0.2, 0) is 0 Å². The van der Waals surface area contributed by atoms with E-state index in [0.29, 0.717) is 16.1 Å². The molecule has 0 bridgehead atoms. The fourth-order valence-corrected chi connectivity index (χ4v) is 3.24. The Bertz CT molecular complexity index is 464. The number of nitrogens with zero attached hydrogens (tertiary/aromatic N) is 1. The number of benzene rings is 1. The number of hydrogen-bond acceptors (Lipinski definition) is 3. The summed E-state index contributed by atoms with van der Waals surface area (Å²) in [6.45, 7) is 5.41. The molecule has 1 saturated heterocycles. The van der Waals surface area contributed by atoms with Crippen molar-refractivity contribution in [1.29, 1.82) is 0 Å². The van der Waals surface area contributed by atoms with Crippen LogP contribution in [0.4, 0.5) is 5.69 Å². The van der Waals surface area contributed by atoms with Crippen LogP contribution in [0.1, 0.15) is 25.3 Å². The zero-order valence-electron chi connectivity index (χ0n) is 11.2. The number of thiocarbonyl (C=S) groups is 1. The van der Waals surface area contributed by atoms with E-state index < -0.39 is 0 Å². The number of nitrogens with one attached hydrogen (secondary N) is 1. The van der Waals surface area contributed by atoms with E-state index in [-0.39, 0.29) is 0 Å². The molecule has 19 heavy (non-hydrogen) atoms. The van der Waals surface area contributed by atoms with Gasteiger partial charge in [0.15, 0.2) is 0 Å². The van der Waals surface area contributed by atoms with Crippen molar-refractivity contribution in [2.75, 3.05) is 25.0 Å². The van der Waals surface area contributed by atoms with E-state index in [2.05, 4.69) is 17.1 Å². The maximum atomic E-state index is 6.16. The van der Waals surface area contributed by atoms with E-state index in [4.69, 9.17) is 29.6 Å². The smallest absolute Gasteiger partial charge is 0.107 e. The molecule has 1 aromatic carbocycles. The number of rotatable bonds is 5. The minimum Gasteiger partial charge on any atom is -0.389 e.